The van der Waals surface area contributed by atoms with Gasteiger partial charge in [0.25, 0.3) is 0 Å². The molecule has 0 aliphatic carbocycles. The molecule has 0 aliphatic rings. The van der Waals surface area contributed by atoms with E-state index in [0.29, 0.717) is 19.0 Å². The van der Waals surface area contributed by atoms with Crippen LogP contribution in [-0.4, -0.2) is 39.9 Å². The molecule has 1 aromatic carbocycles. The summed E-state index contributed by atoms with van der Waals surface area (Å²) in [5, 5.41) is 16.2. The van der Waals surface area contributed by atoms with E-state index in [1.807, 2.05) is 37.3 Å². The molecule has 2 rings (SSSR count). The lowest BCUT2D eigenvalue weighted by atomic mass is 9.97. The first kappa shape index (κ1) is 24.2. The van der Waals surface area contributed by atoms with Crippen LogP contribution in [0.4, 0.5) is 13.2 Å². The normalized spacial score (nSPS) is 14.1. The molecule has 1 heterocycles. The van der Waals surface area contributed by atoms with Gasteiger partial charge in [-0.2, -0.15) is 13.2 Å². The quantitative estimate of drug-likeness (QED) is 0.304. The molecule has 0 aliphatic heterocycles. The Morgan fingerprint density at radius 1 is 1.21 bits per heavy atom. The molecule has 0 radical (unpaired) electrons. The van der Waals surface area contributed by atoms with Gasteiger partial charge in [-0.1, -0.05) is 30.3 Å². The average molecular weight is 511 g/mol. The van der Waals surface area contributed by atoms with E-state index in [-0.39, 0.29) is 30.5 Å². The lowest BCUT2D eigenvalue weighted by molar-refractivity contribution is -0.272. The Balaban J connectivity index is 0.00000392. The number of rotatable bonds is 7. The summed E-state index contributed by atoms with van der Waals surface area (Å²) in [6, 6.07) is 9.50. The standard InChI is InChI=1S/C18H24F3N5O.HI/c1-3-22-16(25-13-14-7-5-4-6-8-14)24-10-9-17(27,18(19,20)21)15-23-11-12-26(15)2;/h4-8,11-12,27H,3,9-10,13H2,1-2H3,(H2,22,24,25);1H. The third kappa shape index (κ3) is 6.09. The smallest absolute Gasteiger partial charge is 0.374 e. The average Bonchev–Trinajstić information content (AvgIpc) is 3.06. The topological polar surface area (TPSA) is 74.5 Å². The first-order valence-corrected chi connectivity index (χ1v) is 8.61. The minimum Gasteiger partial charge on any atom is -0.374 e. The van der Waals surface area contributed by atoms with Gasteiger partial charge in [-0.3, -0.25) is 0 Å². The summed E-state index contributed by atoms with van der Waals surface area (Å²) in [6.07, 6.45) is -2.86. The van der Waals surface area contributed by atoms with Crippen molar-refractivity contribution in [3.8, 4) is 0 Å². The molecule has 0 saturated heterocycles. The number of aliphatic imine (C=N–C) groups is 1. The zero-order valence-corrected chi connectivity index (χ0v) is 18.0. The third-order valence-corrected chi connectivity index (χ3v) is 4.05. The van der Waals surface area contributed by atoms with Crippen molar-refractivity contribution >= 4 is 29.9 Å². The van der Waals surface area contributed by atoms with Crippen LogP contribution in [0.1, 0.15) is 24.7 Å². The molecular weight excluding hydrogens is 486 g/mol. The highest BCUT2D eigenvalue weighted by Crippen LogP contribution is 2.40. The molecule has 6 nitrogen and oxygen atoms in total. The van der Waals surface area contributed by atoms with E-state index in [2.05, 4.69) is 20.6 Å². The Kier molecular flexibility index (Phi) is 9.21. The van der Waals surface area contributed by atoms with Crippen molar-refractivity contribution < 1.29 is 18.3 Å². The SMILES string of the molecule is CCNC(=NCc1ccccc1)NCCC(O)(c1nccn1C)C(F)(F)F.I. The lowest BCUT2D eigenvalue weighted by Gasteiger charge is -2.30. The summed E-state index contributed by atoms with van der Waals surface area (Å²) < 4.78 is 41.7. The van der Waals surface area contributed by atoms with Gasteiger partial charge in [0.2, 0.25) is 5.60 Å². The third-order valence-electron chi connectivity index (χ3n) is 4.05. The van der Waals surface area contributed by atoms with E-state index in [9.17, 15) is 18.3 Å². The molecule has 156 valence electrons. The molecule has 0 spiro atoms. The fourth-order valence-electron chi connectivity index (χ4n) is 2.60. The molecular formula is C18H25F3IN5O. The van der Waals surface area contributed by atoms with Crippen molar-refractivity contribution in [2.24, 2.45) is 12.0 Å². The largest absolute Gasteiger partial charge is 0.424 e. The van der Waals surface area contributed by atoms with Gasteiger partial charge in [0.05, 0.1) is 6.54 Å². The van der Waals surface area contributed by atoms with Crippen LogP contribution in [0.5, 0.6) is 0 Å². The van der Waals surface area contributed by atoms with Crippen molar-refractivity contribution in [3.63, 3.8) is 0 Å². The summed E-state index contributed by atoms with van der Waals surface area (Å²) in [6.45, 7) is 2.67. The van der Waals surface area contributed by atoms with E-state index < -0.39 is 24.0 Å². The molecule has 0 fully saturated rings. The molecule has 1 unspecified atom stereocenters. The van der Waals surface area contributed by atoms with Crippen LogP contribution in [0.2, 0.25) is 0 Å². The van der Waals surface area contributed by atoms with E-state index >= 15 is 0 Å². The number of alkyl halides is 3. The number of aryl methyl sites for hydroxylation is 1. The highest BCUT2D eigenvalue weighted by atomic mass is 127. The number of aromatic nitrogens is 2. The zero-order chi connectivity index (χ0) is 19.9. The first-order chi connectivity index (χ1) is 12.8. The fourth-order valence-corrected chi connectivity index (χ4v) is 2.60. The lowest BCUT2D eigenvalue weighted by Crippen LogP contribution is -2.47. The van der Waals surface area contributed by atoms with Crippen LogP contribution in [-0.2, 0) is 19.2 Å². The Morgan fingerprint density at radius 2 is 1.89 bits per heavy atom. The van der Waals surface area contributed by atoms with Crippen molar-refractivity contribution in [1.29, 1.82) is 0 Å². The number of nitrogens with one attached hydrogen (secondary N) is 2. The molecule has 28 heavy (non-hydrogen) atoms. The predicted octanol–water partition coefficient (Wildman–Crippen LogP) is 2.93. The summed E-state index contributed by atoms with van der Waals surface area (Å²) in [5.41, 5.74) is -2.07. The van der Waals surface area contributed by atoms with Crippen LogP contribution in [0, 0.1) is 0 Å². The molecule has 10 heteroatoms. The van der Waals surface area contributed by atoms with Gasteiger partial charge in [0.15, 0.2) is 5.96 Å². The summed E-state index contributed by atoms with van der Waals surface area (Å²) in [5.74, 6) is -0.0613. The predicted molar refractivity (Wildman–Crippen MR) is 112 cm³/mol. The minimum atomic E-state index is -4.85. The van der Waals surface area contributed by atoms with E-state index in [1.54, 1.807) is 0 Å². The van der Waals surface area contributed by atoms with Crippen LogP contribution in [0.25, 0.3) is 0 Å². The second kappa shape index (κ2) is 10.6. The second-order valence-electron chi connectivity index (χ2n) is 6.08. The van der Waals surface area contributed by atoms with Crippen LogP contribution >= 0.6 is 24.0 Å². The monoisotopic (exact) mass is 511 g/mol. The number of aliphatic hydroxyl groups is 1. The van der Waals surface area contributed by atoms with E-state index in [1.165, 1.54) is 24.0 Å². The van der Waals surface area contributed by atoms with Crippen LogP contribution in [0.15, 0.2) is 47.7 Å². The zero-order valence-electron chi connectivity index (χ0n) is 15.7. The number of guanidine groups is 1. The fraction of sp³-hybridized carbons (Fsp3) is 0.444. The molecule has 0 amide bonds. The maximum Gasteiger partial charge on any atom is 0.424 e. The van der Waals surface area contributed by atoms with Gasteiger partial charge in [-0.05, 0) is 12.5 Å². The Bertz CT molecular complexity index is 751. The summed E-state index contributed by atoms with van der Waals surface area (Å²) in [4.78, 5) is 8.04. The minimum absolute atomic E-state index is 0. The van der Waals surface area contributed by atoms with Gasteiger partial charge in [-0.25, -0.2) is 9.98 Å². The Hall–Kier alpha value is -1.82. The first-order valence-electron chi connectivity index (χ1n) is 8.61. The van der Waals surface area contributed by atoms with Gasteiger partial charge >= 0.3 is 6.18 Å². The van der Waals surface area contributed by atoms with Crippen molar-refractivity contribution in [2.75, 3.05) is 13.1 Å². The van der Waals surface area contributed by atoms with Crippen molar-refractivity contribution in [2.45, 2.75) is 31.7 Å². The Labute approximate surface area is 179 Å². The Morgan fingerprint density at radius 3 is 2.43 bits per heavy atom. The molecule has 2 aromatic rings. The van der Waals surface area contributed by atoms with E-state index in [0.717, 1.165) is 5.56 Å². The number of benzene rings is 1. The molecule has 1 aromatic heterocycles. The van der Waals surface area contributed by atoms with Crippen LogP contribution < -0.4 is 10.6 Å². The second-order valence-corrected chi connectivity index (χ2v) is 6.08. The van der Waals surface area contributed by atoms with Crippen molar-refractivity contribution in [3.05, 3.63) is 54.1 Å². The van der Waals surface area contributed by atoms with Gasteiger partial charge in [0, 0.05) is 39.0 Å². The number of hydrogen-bond donors (Lipinski definition) is 3. The number of imidazole rings is 1. The van der Waals surface area contributed by atoms with Gasteiger partial charge in [0.1, 0.15) is 5.82 Å². The molecule has 0 bridgehead atoms. The maximum atomic E-state index is 13.5. The molecule has 1 atom stereocenters. The maximum absolute atomic E-state index is 13.5. The number of halogens is 4. The van der Waals surface area contributed by atoms with Gasteiger partial charge < -0.3 is 20.3 Å². The number of hydrogen-bond acceptors (Lipinski definition) is 3. The van der Waals surface area contributed by atoms with Crippen LogP contribution in [0.3, 0.4) is 0 Å². The van der Waals surface area contributed by atoms with Gasteiger partial charge in [-0.15, -0.1) is 24.0 Å². The molecule has 0 saturated carbocycles. The number of nitrogens with zero attached hydrogens (tertiary/aromatic N) is 3. The van der Waals surface area contributed by atoms with Crippen molar-refractivity contribution in [1.82, 2.24) is 20.2 Å². The van der Waals surface area contributed by atoms with E-state index in [4.69, 9.17) is 0 Å². The molecule has 3 N–H and O–H groups in total. The highest BCUT2D eigenvalue weighted by Gasteiger charge is 2.57. The summed E-state index contributed by atoms with van der Waals surface area (Å²) >= 11 is 0. The highest BCUT2D eigenvalue weighted by molar-refractivity contribution is 14.0. The summed E-state index contributed by atoms with van der Waals surface area (Å²) in [7, 11) is 1.41.